The van der Waals surface area contributed by atoms with E-state index in [0.717, 1.165) is 12.8 Å². The Hall–Kier alpha value is -2.61. The number of ether oxygens (including phenoxy) is 1. The van der Waals surface area contributed by atoms with Crippen molar-refractivity contribution in [2.24, 2.45) is 0 Å². The lowest BCUT2D eigenvalue weighted by atomic mass is 10.3. The molecule has 1 saturated carbocycles. The van der Waals surface area contributed by atoms with E-state index in [-0.39, 0.29) is 35.2 Å². The predicted octanol–water partition coefficient (Wildman–Crippen LogP) is 3.45. The molecule has 0 saturated heterocycles. The third-order valence-corrected chi connectivity index (χ3v) is 3.96. The van der Waals surface area contributed by atoms with E-state index in [4.69, 9.17) is 16.0 Å². The van der Waals surface area contributed by atoms with Crippen LogP contribution in [-0.4, -0.2) is 35.0 Å². The average Bonchev–Trinajstić information content (AvgIpc) is 3.33. The first-order chi connectivity index (χ1) is 12.0. The zero-order chi connectivity index (χ0) is 18.0. The van der Waals surface area contributed by atoms with Gasteiger partial charge in [-0.25, -0.2) is 19.0 Å². The molecule has 0 bridgehead atoms. The molecular formula is C16H15ClFN3O4. The maximum absolute atomic E-state index is 13.2. The molecule has 132 valence electrons. The smallest absolute Gasteiger partial charge is 0.360 e. The van der Waals surface area contributed by atoms with Crippen LogP contribution in [0.3, 0.4) is 0 Å². The number of esters is 1. The van der Waals surface area contributed by atoms with Gasteiger partial charge in [0.2, 0.25) is 5.89 Å². The minimum absolute atomic E-state index is 0.0407. The summed E-state index contributed by atoms with van der Waals surface area (Å²) in [5.74, 6) is -0.952. The molecular weight excluding hydrogens is 353 g/mol. The van der Waals surface area contributed by atoms with E-state index in [1.54, 1.807) is 4.90 Å². The van der Waals surface area contributed by atoms with Crippen molar-refractivity contribution < 1.29 is 23.1 Å². The number of halogens is 2. The zero-order valence-corrected chi connectivity index (χ0v) is 14.0. The third kappa shape index (κ3) is 4.08. The molecule has 3 rings (SSSR count). The number of anilines is 1. The first-order valence-electron chi connectivity index (χ1n) is 7.53. The summed E-state index contributed by atoms with van der Waals surface area (Å²) in [4.78, 5) is 29.5. The Bertz CT molecular complexity index is 806. The van der Waals surface area contributed by atoms with Crippen molar-refractivity contribution >= 4 is 29.3 Å². The van der Waals surface area contributed by atoms with E-state index in [2.05, 4.69) is 15.0 Å². The number of benzene rings is 1. The van der Waals surface area contributed by atoms with E-state index in [1.165, 1.54) is 31.6 Å². The maximum Gasteiger partial charge on any atom is 0.360 e. The molecule has 1 aromatic carbocycles. The lowest BCUT2D eigenvalue weighted by molar-refractivity contribution is 0.0594. The van der Waals surface area contributed by atoms with Crippen molar-refractivity contribution in [3.63, 3.8) is 0 Å². The summed E-state index contributed by atoms with van der Waals surface area (Å²) >= 11 is 5.72. The number of amides is 2. The Kier molecular flexibility index (Phi) is 4.89. The van der Waals surface area contributed by atoms with Crippen LogP contribution in [0.2, 0.25) is 5.02 Å². The quantitative estimate of drug-likeness (QED) is 0.818. The van der Waals surface area contributed by atoms with Crippen LogP contribution in [-0.2, 0) is 11.3 Å². The van der Waals surface area contributed by atoms with Gasteiger partial charge in [0, 0.05) is 11.7 Å². The first kappa shape index (κ1) is 17.2. The highest BCUT2D eigenvalue weighted by molar-refractivity contribution is 6.31. The molecule has 25 heavy (non-hydrogen) atoms. The highest BCUT2D eigenvalue weighted by Gasteiger charge is 2.34. The van der Waals surface area contributed by atoms with Gasteiger partial charge >= 0.3 is 12.0 Å². The number of oxazole rings is 1. The summed E-state index contributed by atoms with van der Waals surface area (Å²) in [5.41, 5.74) is 0.420. The van der Waals surface area contributed by atoms with Gasteiger partial charge in [0.05, 0.1) is 18.7 Å². The molecule has 1 aromatic heterocycles. The number of urea groups is 1. The number of carbonyl (C=O) groups excluding carboxylic acids is 2. The van der Waals surface area contributed by atoms with Crippen LogP contribution < -0.4 is 5.32 Å². The lowest BCUT2D eigenvalue weighted by Gasteiger charge is -2.21. The van der Waals surface area contributed by atoms with Crippen LogP contribution >= 0.6 is 11.6 Å². The van der Waals surface area contributed by atoms with Crippen LogP contribution in [0.5, 0.6) is 0 Å². The van der Waals surface area contributed by atoms with Gasteiger partial charge in [-0.1, -0.05) is 11.6 Å². The normalized spacial score (nSPS) is 13.4. The Balaban J connectivity index is 1.70. The number of carbonyl (C=O) groups is 2. The van der Waals surface area contributed by atoms with Crippen molar-refractivity contribution in [1.82, 2.24) is 9.88 Å². The average molecular weight is 368 g/mol. The van der Waals surface area contributed by atoms with Gasteiger partial charge < -0.3 is 19.4 Å². The topological polar surface area (TPSA) is 84.7 Å². The molecule has 7 nitrogen and oxygen atoms in total. The second-order valence-electron chi connectivity index (χ2n) is 5.54. The fraction of sp³-hybridized carbons (Fsp3) is 0.312. The first-order valence-corrected chi connectivity index (χ1v) is 7.91. The minimum Gasteiger partial charge on any atom is -0.464 e. The SMILES string of the molecule is COC(=O)c1coc(CN(C(=O)Nc2ccc(F)c(Cl)c2)C2CC2)n1. The second-order valence-corrected chi connectivity index (χ2v) is 5.94. The maximum atomic E-state index is 13.2. The molecule has 2 aromatic rings. The summed E-state index contributed by atoms with van der Waals surface area (Å²) in [7, 11) is 1.24. The van der Waals surface area contributed by atoms with E-state index in [0.29, 0.717) is 5.69 Å². The second kappa shape index (κ2) is 7.10. The van der Waals surface area contributed by atoms with Crippen molar-refractivity contribution in [2.75, 3.05) is 12.4 Å². The van der Waals surface area contributed by atoms with Crippen molar-refractivity contribution in [2.45, 2.75) is 25.4 Å². The Morgan fingerprint density at radius 2 is 2.24 bits per heavy atom. The number of nitrogens with zero attached hydrogens (tertiary/aromatic N) is 2. The van der Waals surface area contributed by atoms with E-state index >= 15 is 0 Å². The van der Waals surface area contributed by atoms with E-state index < -0.39 is 11.8 Å². The number of hydrogen-bond donors (Lipinski definition) is 1. The molecule has 1 fully saturated rings. The van der Waals surface area contributed by atoms with Gasteiger partial charge in [-0.2, -0.15) is 0 Å². The van der Waals surface area contributed by atoms with Gasteiger partial charge in [0.25, 0.3) is 0 Å². The van der Waals surface area contributed by atoms with Gasteiger partial charge in [-0.05, 0) is 31.0 Å². The monoisotopic (exact) mass is 367 g/mol. The molecule has 2 amide bonds. The Morgan fingerprint density at radius 3 is 2.88 bits per heavy atom. The molecule has 1 aliphatic rings. The number of rotatable bonds is 5. The van der Waals surface area contributed by atoms with Crippen molar-refractivity contribution in [1.29, 1.82) is 0 Å². The van der Waals surface area contributed by atoms with Gasteiger partial charge in [0.1, 0.15) is 12.1 Å². The fourth-order valence-corrected chi connectivity index (χ4v) is 2.43. The Morgan fingerprint density at radius 1 is 1.48 bits per heavy atom. The highest BCUT2D eigenvalue weighted by atomic mass is 35.5. The molecule has 0 aliphatic heterocycles. The van der Waals surface area contributed by atoms with Crippen LogP contribution in [0.25, 0.3) is 0 Å². The number of nitrogens with one attached hydrogen (secondary N) is 1. The summed E-state index contributed by atoms with van der Waals surface area (Å²) in [6.45, 7) is 0.0996. The fourth-order valence-electron chi connectivity index (χ4n) is 2.25. The highest BCUT2D eigenvalue weighted by Crippen LogP contribution is 2.29. The van der Waals surface area contributed by atoms with Gasteiger partial charge in [-0.15, -0.1) is 0 Å². The van der Waals surface area contributed by atoms with Crippen LogP contribution in [0.4, 0.5) is 14.9 Å². The predicted molar refractivity (Wildman–Crippen MR) is 86.8 cm³/mol. The zero-order valence-electron chi connectivity index (χ0n) is 13.3. The van der Waals surface area contributed by atoms with Gasteiger partial charge in [0.15, 0.2) is 5.69 Å². The molecule has 1 N–H and O–H groups in total. The van der Waals surface area contributed by atoms with E-state index in [1.807, 2.05) is 0 Å². The molecule has 1 aliphatic carbocycles. The van der Waals surface area contributed by atoms with Gasteiger partial charge in [-0.3, -0.25) is 0 Å². The minimum atomic E-state index is -0.613. The molecule has 0 spiro atoms. The van der Waals surface area contributed by atoms with Crippen LogP contribution in [0.15, 0.2) is 28.9 Å². The van der Waals surface area contributed by atoms with Crippen molar-refractivity contribution in [3.05, 3.63) is 46.9 Å². The Labute approximate surface area is 147 Å². The molecule has 1 heterocycles. The number of hydrogen-bond acceptors (Lipinski definition) is 5. The lowest BCUT2D eigenvalue weighted by Crippen LogP contribution is -2.36. The van der Waals surface area contributed by atoms with Crippen LogP contribution in [0, 0.1) is 5.82 Å². The molecule has 9 heteroatoms. The van der Waals surface area contributed by atoms with Crippen LogP contribution in [0.1, 0.15) is 29.2 Å². The molecule has 0 unspecified atom stereocenters. The molecule has 0 radical (unpaired) electrons. The number of aromatic nitrogens is 1. The standard InChI is InChI=1S/C16H15ClFN3O4/c1-24-15(22)13-8-25-14(20-13)7-21(10-3-4-10)16(23)19-9-2-5-12(18)11(17)6-9/h2,5-6,8,10H,3-4,7H2,1H3,(H,19,23). The summed E-state index contributed by atoms with van der Waals surface area (Å²) in [6, 6.07) is 3.61. The summed E-state index contributed by atoms with van der Waals surface area (Å²) in [6.07, 6.45) is 2.91. The largest absolute Gasteiger partial charge is 0.464 e. The summed E-state index contributed by atoms with van der Waals surface area (Å²) in [5, 5.41) is 2.59. The third-order valence-electron chi connectivity index (χ3n) is 3.67. The summed E-state index contributed by atoms with van der Waals surface area (Å²) < 4.78 is 23.0. The van der Waals surface area contributed by atoms with E-state index in [9.17, 15) is 14.0 Å². The molecule has 0 atom stereocenters. The number of methoxy groups -OCH3 is 1. The van der Waals surface area contributed by atoms with Crippen molar-refractivity contribution in [3.8, 4) is 0 Å².